The van der Waals surface area contributed by atoms with Crippen LogP contribution in [0, 0.1) is 5.82 Å². The Hall–Kier alpha value is -2.43. The fourth-order valence-electron chi connectivity index (χ4n) is 1.64. The molecule has 0 fully saturated rings. The maximum absolute atomic E-state index is 13.2. The summed E-state index contributed by atoms with van der Waals surface area (Å²) in [7, 11) is 1.44. The molecule has 4 nitrogen and oxygen atoms in total. The maximum Gasteiger partial charge on any atom is 0.255 e. The number of aromatic nitrogens is 1. The minimum absolute atomic E-state index is 0.173. The van der Waals surface area contributed by atoms with Gasteiger partial charge in [0.15, 0.2) is 0 Å². The van der Waals surface area contributed by atoms with Gasteiger partial charge in [0, 0.05) is 18.9 Å². The fourth-order valence-corrected chi connectivity index (χ4v) is 1.64. The minimum atomic E-state index is -0.479. The van der Waals surface area contributed by atoms with Crippen LogP contribution in [0.25, 0.3) is 0 Å². The summed E-state index contributed by atoms with van der Waals surface area (Å²) in [5.74, 6) is -0.530. The first kappa shape index (κ1) is 13.0. The van der Waals surface area contributed by atoms with E-state index in [1.165, 1.54) is 19.2 Å². The maximum atomic E-state index is 13.2. The van der Waals surface area contributed by atoms with Crippen LogP contribution in [0.2, 0.25) is 0 Å². The van der Waals surface area contributed by atoms with E-state index in [1.54, 1.807) is 18.5 Å². The van der Waals surface area contributed by atoms with Crippen LogP contribution in [-0.2, 0) is 6.54 Å². The summed E-state index contributed by atoms with van der Waals surface area (Å²) in [4.78, 5) is 15.9. The van der Waals surface area contributed by atoms with Crippen LogP contribution in [0.1, 0.15) is 15.9 Å². The zero-order valence-electron chi connectivity index (χ0n) is 10.4. The van der Waals surface area contributed by atoms with Gasteiger partial charge in [0.2, 0.25) is 0 Å². The van der Waals surface area contributed by atoms with Crippen molar-refractivity contribution < 1.29 is 13.9 Å². The second kappa shape index (κ2) is 5.95. The molecule has 1 amide bonds. The van der Waals surface area contributed by atoms with Crippen molar-refractivity contribution in [3.63, 3.8) is 0 Å². The number of hydrogen-bond acceptors (Lipinski definition) is 3. The lowest BCUT2D eigenvalue weighted by molar-refractivity contribution is 0.0947. The molecule has 1 aromatic heterocycles. The van der Waals surface area contributed by atoms with Gasteiger partial charge in [0.1, 0.15) is 11.6 Å². The van der Waals surface area contributed by atoms with Gasteiger partial charge in [-0.15, -0.1) is 0 Å². The monoisotopic (exact) mass is 260 g/mol. The third-order valence-corrected chi connectivity index (χ3v) is 2.58. The summed E-state index contributed by atoms with van der Waals surface area (Å²) in [6.45, 7) is 0.326. The van der Waals surface area contributed by atoms with Crippen molar-refractivity contribution in [1.29, 1.82) is 0 Å². The van der Waals surface area contributed by atoms with Crippen LogP contribution in [0.5, 0.6) is 5.75 Å². The van der Waals surface area contributed by atoms with Crippen molar-refractivity contribution in [3.8, 4) is 5.75 Å². The van der Waals surface area contributed by atoms with Crippen molar-refractivity contribution in [2.75, 3.05) is 7.11 Å². The van der Waals surface area contributed by atoms with E-state index in [4.69, 9.17) is 4.74 Å². The Morgan fingerprint density at radius 2 is 2.26 bits per heavy atom. The molecule has 0 unspecified atom stereocenters. The molecule has 0 bridgehead atoms. The number of methoxy groups -OCH3 is 1. The van der Waals surface area contributed by atoms with Crippen LogP contribution in [0.3, 0.4) is 0 Å². The highest BCUT2D eigenvalue weighted by Gasteiger charge is 2.12. The van der Waals surface area contributed by atoms with Crippen LogP contribution in [0.15, 0.2) is 42.7 Å². The lowest BCUT2D eigenvalue weighted by Crippen LogP contribution is -2.23. The minimum Gasteiger partial charge on any atom is -0.496 e. The molecule has 0 aliphatic rings. The number of nitrogens with zero attached hydrogens (tertiary/aromatic N) is 1. The molecule has 5 heteroatoms. The molecule has 19 heavy (non-hydrogen) atoms. The van der Waals surface area contributed by atoms with Gasteiger partial charge in [-0.2, -0.15) is 0 Å². The SMILES string of the molecule is COc1ccc(F)cc1C(=O)NCc1cccnc1. The van der Waals surface area contributed by atoms with Crippen molar-refractivity contribution in [3.05, 3.63) is 59.7 Å². The highest BCUT2D eigenvalue weighted by Crippen LogP contribution is 2.19. The molecule has 0 atom stereocenters. The van der Waals surface area contributed by atoms with Crippen molar-refractivity contribution in [2.45, 2.75) is 6.54 Å². The average Bonchev–Trinajstić information content (AvgIpc) is 2.46. The Morgan fingerprint density at radius 1 is 1.42 bits per heavy atom. The highest BCUT2D eigenvalue weighted by atomic mass is 19.1. The van der Waals surface area contributed by atoms with Gasteiger partial charge >= 0.3 is 0 Å². The first-order valence-corrected chi connectivity index (χ1v) is 5.71. The molecule has 0 saturated heterocycles. The van der Waals surface area contributed by atoms with Gasteiger partial charge in [0.25, 0.3) is 5.91 Å². The number of rotatable bonds is 4. The number of halogens is 1. The summed E-state index contributed by atoms with van der Waals surface area (Å²) in [5, 5.41) is 2.69. The van der Waals surface area contributed by atoms with Gasteiger partial charge in [-0.1, -0.05) is 6.07 Å². The normalized spacial score (nSPS) is 10.0. The Bertz CT molecular complexity index is 573. The van der Waals surface area contributed by atoms with Crippen LogP contribution >= 0.6 is 0 Å². The molecule has 0 aliphatic carbocycles. The first-order chi connectivity index (χ1) is 9.20. The van der Waals surface area contributed by atoms with E-state index in [0.29, 0.717) is 12.3 Å². The quantitative estimate of drug-likeness (QED) is 0.916. The molecule has 0 aliphatic heterocycles. The van der Waals surface area contributed by atoms with Gasteiger partial charge in [0.05, 0.1) is 12.7 Å². The summed E-state index contributed by atoms with van der Waals surface area (Å²) in [6.07, 6.45) is 3.31. The second-order valence-corrected chi connectivity index (χ2v) is 3.89. The van der Waals surface area contributed by atoms with E-state index in [-0.39, 0.29) is 11.5 Å². The third kappa shape index (κ3) is 3.28. The first-order valence-electron chi connectivity index (χ1n) is 5.71. The third-order valence-electron chi connectivity index (χ3n) is 2.58. The predicted molar refractivity (Wildman–Crippen MR) is 68.4 cm³/mol. The van der Waals surface area contributed by atoms with E-state index in [9.17, 15) is 9.18 Å². The van der Waals surface area contributed by atoms with Gasteiger partial charge in [-0.05, 0) is 29.8 Å². The van der Waals surface area contributed by atoms with Crippen LogP contribution in [0.4, 0.5) is 4.39 Å². The molecule has 1 aromatic carbocycles. The number of pyridine rings is 1. The predicted octanol–water partition coefficient (Wildman–Crippen LogP) is 2.16. The lowest BCUT2D eigenvalue weighted by Gasteiger charge is -2.09. The zero-order valence-corrected chi connectivity index (χ0v) is 10.4. The summed E-state index contributed by atoms with van der Waals surface area (Å²) < 4.78 is 18.2. The van der Waals surface area contributed by atoms with Crippen LogP contribution < -0.4 is 10.1 Å². The van der Waals surface area contributed by atoms with E-state index in [2.05, 4.69) is 10.3 Å². The molecule has 2 aromatic rings. The molecule has 2 rings (SSSR count). The number of carbonyl (C=O) groups is 1. The van der Waals surface area contributed by atoms with E-state index >= 15 is 0 Å². The molecule has 0 radical (unpaired) electrons. The highest BCUT2D eigenvalue weighted by molar-refractivity contribution is 5.96. The fraction of sp³-hybridized carbons (Fsp3) is 0.143. The number of carbonyl (C=O) groups excluding carboxylic acids is 1. The van der Waals surface area contributed by atoms with E-state index in [0.717, 1.165) is 11.6 Å². The standard InChI is InChI=1S/C14H13FN2O2/c1-19-13-5-4-11(15)7-12(13)14(18)17-9-10-3-2-6-16-8-10/h2-8H,9H2,1H3,(H,17,18). The van der Waals surface area contributed by atoms with E-state index < -0.39 is 5.82 Å². The van der Waals surface area contributed by atoms with Crippen LogP contribution in [-0.4, -0.2) is 18.0 Å². The number of hydrogen-bond donors (Lipinski definition) is 1. The van der Waals surface area contributed by atoms with Crippen molar-refractivity contribution in [1.82, 2.24) is 10.3 Å². The van der Waals surface area contributed by atoms with Gasteiger partial charge < -0.3 is 10.1 Å². The Balaban J connectivity index is 2.10. The smallest absolute Gasteiger partial charge is 0.255 e. The Morgan fingerprint density at radius 3 is 2.95 bits per heavy atom. The summed E-state index contributed by atoms with van der Waals surface area (Å²) in [5.41, 5.74) is 1.04. The topological polar surface area (TPSA) is 51.2 Å². The molecular formula is C14H13FN2O2. The molecular weight excluding hydrogens is 247 g/mol. The molecule has 1 heterocycles. The average molecular weight is 260 g/mol. The van der Waals surface area contributed by atoms with Gasteiger partial charge in [-0.3, -0.25) is 9.78 Å². The second-order valence-electron chi connectivity index (χ2n) is 3.89. The molecule has 0 spiro atoms. The Labute approximate surface area is 110 Å². The number of ether oxygens (including phenoxy) is 1. The number of nitrogens with one attached hydrogen (secondary N) is 1. The van der Waals surface area contributed by atoms with E-state index in [1.807, 2.05) is 6.07 Å². The zero-order chi connectivity index (χ0) is 13.7. The summed E-state index contributed by atoms with van der Waals surface area (Å²) in [6, 6.07) is 7.45. The molecule has 98 valence electrons. The number of benzene rings is 1. The van der Waals surface area contributed by atoms with Gasteiger partial charge in [-0.25, -0.2) is 4.39 Å². The largest absolute Gasteiger partial charge is 0.496 e. The van der Waals surface area contributed by atoms with Crippen molar-refractivity contribution >= 4 is 5.91 Å². The summed E-state index contributed by atoms with van der Waals surface area (Å²) >= 11 is 0. The van der Waals surface area contributed by atoms with Crippen molar-refractivity contribution in [2.24, 2.45) is 0 Å². The molecule has 0 saturated carbocycles. The molecule has 1 N–H and O–H groups in total. The lowest BCUT2D eigenvalue weighted by atomic mass is 10.1. The Kier molecular flexibility index (Phi) is 4.07. The number of amides is 1.